The van der Waals surface area contributed by atoms with Gasteiger partial charge in [0, 0.05) is 11.8 Å². The number of hydrogen-bond donors (Lipinski definition) is 0. The number of likely N-dealkylation sites (N-methyl/N-ethyl adjacent to an activating group) is 1. The SMILES string of the molecule is CCOC(=O)CC(=O)CN(C)C1CCSC1. The molecule has 0 radical (unpaired) electrons. The maximum absolute atomic E-state index is 11.5. The molecule has 1 fully saturated rings. The van der Waals surface area contributed by atoms with Crippen LogP contribution in [-0.2, 0) is 14.3 Å². The van der Waals surface area contributed by atoms with E-state index >= 15 is 0 Å². The molecule has 0 aromatic heterocycles. The molecule has 1 atom stereocenters. The molecule has 1 aliphatic heterocycles. The Kier molecular flexibility index (Phi) is 5.84. The Morgan fingerprint density at radius 2 is 2.25 bits per heavy atom. The van der Waals surface area contributed by atoms with Crippen molar-refractivity contribution in [2.45, 2.75) is 25.8 Å². The van der Waals surface area contributed by atoms with Crippen LogP contribution in [-0.4, -0.2) is 54.4 Å². The molecule has 92 valence electrons. The summed E-state index contributed by atoms with van der Waals surface area (Å²) < 4.78 is 4.74. The highest BCUT2D eigenvalue weighted by atomic mass is 32.2. The van der Waals surface area contributed by atoms with Crippen molar-refractivity contribution in [3.63, 3.8) is 0 Å². The van der Waals surface area contributed by atoms with E-state index in [1.165, 1.54) is 5.75 Å². The van der Waals surface area contributed by atoms with Crippen LogP contribution in [0.3, 0.4) is 0 Å². The number of esters is 1. The van der Waals surface area contributed by atoms with Crippen molar-refractivity contribution in [3.8, 4) is 0 Å². The third-order valence-electron chi connectivity index (χ3n) is 2.60. The van der Waals surface area contributed by atoms with Gasteiger partial charge in [-0.3, -0.25) is 14.5 Å². The number of rotatable bonds is 6. The summed E-state index contributed by atoms with van der Waals surface area (Å²) in [6.07, 6.45) is 1.03. The van der Waals surface area contributed by atoms with E-state index in [4.69, 9.17) is 4.74 Å². The van der Waals surface area contributed by atoms with Crippen LogP contribution in [0.1, 0.15) is 19.8 Å². The van der Waals surface area contributed by atoms with Gasteiger partial charge in [-0.25, -0.2) is 0 Å². The third-order valence-corrected chi connectivity index (χ3v) is 3.75. The minimum atomic E-state index is -0.415. The second-order valence-electron chi connectivity index (χ2n) is 3.95. The number of thioether (sulfide) groups is 1. The Morgan fingerprint density at radius 3 is 2.81 bits per heavy atom. The average Bonchev–Trinajstić information content (AvgIpc) is 2.69. The Hall–Kier alpha value is -0.550. The Balaban J connectivity index is 2.24. The average molecular weight is 245 g/mol. The van der Waals surface area contributed by atoms with E-state index in [9.17, 15) is 9.59 Å². The van der Waals surface area contributed by atoms with Crippen molar-refractivity contribution >= 4 is 23.5 Å². The lowest BCUT2D eigenvalue weighted by atomic mass is 10.2. The first-order valence-electron chi connectivity index (χ1n) is 5.58. The number of ketones is 1. The maximum atomic E-state index is 11.5. The number of carbonyl (C=O) groups is 2. The number of nitrogens with zero attached hydrogens (tertiary/aromatic N) is 1. The van der Waals surface area contributed by atoms with Crippen molar-refractivity contribution < 1.29 is 14.3 Å². The molecule has 0 saturated carbocycles. The van der Waals surface area contributed by atoms with E-state index in [2.05, 4.69) is 0 Å². The summed E-state index contributed by atoms with van der Waals surface area (Å²) in [6, 6.07) is 0.483. The van der Waals surface area contributed by atoms with Gasteiger partial charge in [0.15, 0.2) is 5.78 Å². The fraction of sp³-hybridized carbons (Fsp3) is 0.818. The molecule has 16 heavy (non-hydrogen) atoms. The normalized spacial score (nSPS) is 20.1. The monoisotopic (exact) mass is 245 g/mol. The van der Waals surface area contributed by atoms with Crippen LogP contribution in [0.25, 0.3) is 0 Å². The summed E-state index contributed by atoms with van der Waals surface area (Å²) in [5, 5.41) is 0. The van der Waals surface area contributed by atoms with Gasteiger partial charge < -0.3 is 4.74 Å². The van der Waals surface area contributed by atoms with Crippen LogP contribution in [0.4, 0.5) is 0 Å². The molecule has 0 bridgehead atoms. The zero-order chi connectivity index (χ0) is 12.0. The Bertz CT molecular complexity index is 252. The van der Waals surface area contributed by atoms with Crippen LogP contribution in [0.15, 0.2) is 0 Å². The summed E-state index contributed by atoms with van der Waals surface area (Å²) >= 11 is 1.92. The Morgan fingerprint density at radius 1 is 1.50 bits per heavy atom. The van der Waals surface area contributed by atoms with Crippen LogP contribution in [0, 0.1) is 0 Å². The topological polar surface area (TPSA) is 46.6 Å². The van der Waals surface area contributed by atoms with Gasteiger partial charge in [-0.15, -0.1) is 0 Å². The largest absolute Gasteiger partial charge is 0.466 e. The van der Waals surface area contributed by atoms with Gasteiger partial charge in [0.05, 0.1) is 13.2 Å². The molecule has 4 nitrogen and oxygen atoms in total. The molecule has 1 unspecified atom stereocenters. The first-order valence-corrected chi connectivity index (χ1v) is 6.74. The van der Waals surface area contributed by atoms with Gasteiger partial charge >= 0.3 is 5.97 Å². The fourth-order valence-electron chi connectivity index (χ4n) is 1.71. The highest BCUT2D eigenvalue weighted by molar-refractivity contribution is 7.99. The van der Waals surface area contributed by atoms with Crippen molar-refractivity contribution in [2.75, 3.05) is 31.7 Å². The van der Waals surface area contributed by atoms with Gasteiger partial charge in [-0.05, 0) is 26.1 Å². The first-order chi connectivity index (χ1) is 7.63. The van der Waals surface area contributed by atoms with Gasteiger partial charge in [-0.1, -0.05) is 0 Å². The zero-order valence-corrected chi connectivity index (χ0v) is 10.7. The second kappa shape index (κ2) is 6.91. The minimum Gasteiger partial charge on any atom is -0.466 e. The summed E-state index contributed by atoms with van der Waals surface area (Å²) in [7, 11) is 1.94. The van der Waals surface area contributed by atoms with Crippen LogP contribution in [0.2, 0.25) is 0 Å². The summed E-state index contributed by atoms with van der Waals surface area (Å²) in [5.74, 6) is 1.78. The quantitative estimate of drug-likeness (QED) is 0.515. The number of hydrogen-bond acceptors (Lipinski definition) is 5. The molecule has 1 saturated heterocycles. The van der Waals surface area contributed by atoms with Crippen molar-refractivity contribution in [1.29, 1.82) is 0 Å². The van der Waals surface area contributed by atoms with Gasteiger partial charge in [-0.2, -0.15) is 11.8 Å². The molecule has 0 spiro atoms. The summed E-state index contributed by atoms with van der Waals surface area (Å²) in [4.78, 5) is 24.7. The number of ether oxygens (including phenoxy) is 1. The molecular formula is C11H19NO3S. The lowest BCUT2D eigenvalue weighted by Crippen LogP contribution is -2.36. The van der Waals surface area contributed by atoms with Crippen molar-refractivity contribution in [1.82, 2.24) is 4.90 Å². The molecule has 1 heterocycles. The highest BCUT2D eigenvalue weighted by Gasteiger charge is 2.22. The number of carbonyl (C=O) groups excluding carboxylic acids is 2. The predicted molar refractivity (Wildman–Crippen MR) is 64.6 cm³/mol. The van der Waals surface area contributed by atoms with Crippen LogP contribution >= 0.6 is 11.8 Å². The Labute approximate surface area is 101 Å². The molecule has 0 aromatic rings. The van der Waals surface area contributed by atoms with E-state index < -0.39 is 5.97 Å². The maximum Gasteiger partial charge on any atom is 0.313 e. The van der Waals surface area contributed by atoms with Gasteiger partial charge in [0.1, 0.15) is 6.42 Å². The van der Waals surface area contributed by atoms with E-state index in [1.54, 1.807) is 6.92 Å². The van der Waals surface area contributed by atoms with E-state index in [-0.39, 0.29) is 12.2 Å². The van der Waals surface area contributed by atoms with E-state index in [0.29, 0.717) is 19.2 Å². The van der Waals surface area contributed by atoms with Gasteiger partial charge in [0.25, 0.3) is 0 Å². The molecule has 1 aliphatic rings. The molecule has 0 aliphatic carbocycles. The zero-order valence-electron chi connectivity index (χ0n) is 9.90. The lowest BCUT2D eigenvalue weighted by molar-refractivity contribution is -0.145. The second-order valence-corrected chi connectivity index (χ2v) is 5.10. The van der Waals surface area contributed by atoms with E-state index in [0.717, 1.165) is 12.2 Å². The summed E-state index contributed by atoms with van der Waals surface area (Å²) in [6.45, 7) is 2.43. The smallest absolute Gasteiger partial charge is 0.313 e. The van der Waals surface area contributed by atoms with Crippen molar-refractivity contribution in [3.05, 3.63) is 0 Å². The molecule has 0 aromatic carbocycles. The minimum absolute atomic E-state index is 0.0575. The highest BCUT2D eigenvalue weighted by Crippen LogP contribution is 2.21. The van der Waals surface area contributed by atoms with Crippen LogP contribution < -0.4 is 0 Å². The van der Waals surface area contributed by atoms with Crippen molar-refractivity contribution in [2.24, 2.45) is 0 Å². The molecule has 0 N–H and O–H groups in total. The lowest BCUT2D eigenvalue weighted by Gasteiger charge is -2.22. The van der Waals surface area contributed by atoms with Gasteiger partial charge in [0.2, 0.25) is 0 Å². The predicted octanol–water partition coefficient (Wildman–Crippen LogP) is 0.946. The molecule has 5 heteroatoms. The first kappa shape index (κ1) is 13.5. The molecular weight excluding hydrogens is 226 g/mol. The standard InChI is InChI=1S/C11H19NO3S/c1-3-15-11(14)6-10(13)7-12(2)9-4-5-16-8-9/h9H,3-8H2,1-2H3. The van der Waals surface area contributed by atoms with E-state index in [1.807, 2.05) is 23.7 Å². The number of Topliss-reactive ketones (excluding diaryl/α,β-unsaturated/α-hetero) is 1. The summed E-state index contributed by atoms with van der Waals surface area (Å²) in [5.41, 5.74) is 0. The van der Waals surface area contributed by atoms with Crippen LogP contribution in [0.5, 0.6) is 0 Å². The fourth-order valence-corrected chi connectivity index (χ4v) is 3.00. The molecule has 1 rings (SSSR count). The molecule has 0 amide bonds. The third kappa shape index (κ3) is 4.53.